The quantitative estimate of drug-likeness (QED) is 0.265. The van der Waals surface area contributed by atoms with Crippen molar-refractivity contribution in [1.29, 1.82) is 0 Å². The zero-order valence-electron chi connectivity index (χ0n) is 8.24. The first-order chi connectivity index (χ1) is 6.52. The maximum absolute atomic E-state index is 11.1. The van der Waals surface area contributed by atoms with Crippen LogP contribution in [0.5, 0.6) is 0 Å². The van der Waals surface area contributed by atoms with Gasteiger partial charge in [0.15, 0.2) is 0 Å². The normalized spacial score (nSPS) is 14.1. The van der Waals surface area contributed by atoms with Crippen molar-refractivity contribution in [2.75, 3.05) is 0 Å². The molecule has 0 fully saturated rings. The second-order valence-electron chi connectivity index (χ2n) is 2.92. The van der Waals surface area contributed by atoms with E-state index in [-0.39, 0.29) is 6.04 Å². The van der Waals surface area contributed by atoms with E-state index >= 15 is 0 Å². The van der Waals surface area contributed by atoms with Crippen molar-refractivity contribution in [3.8, 4) is 0 Å². The molecule has 2 unspecified atom stereocenters. The number of carbonyl (C=O) groups excluding carboxylic acids is 3. The number of primary amides is 1. The molecule has 0 spiro atoms. The molecule has 0 aromatic rings. The summed E-state index contributed by atoms with van der Waals surface area (Å²) in [5.74, 6) is -1.92. The van der Waals surface area contributed by atoms with Crippen molar-refractivity contribution in [2.45, 2.75) is 32.5 Å². The molecule has 80 valence electrons. The standard InChI is InChI=1S/C8H15N3O3/c1-3-5(2)11-8(10-4-12)6(13)7(9)14/h4-5,8,11H,3H2,1-2H3,(H2,9,14)(H,10,12). The predicted molar refractivity (Wildman–Crippen MR) is 50.1 cm³/mol. The number of ketones is 1. The molecule has 6 heteroatoms. The predicted octanol–water partition coefficient (Wildman–Crippen LogP) is -1.50. The van der Waals surface area contributed by atoms with Gasteiger partial charge in [-0.05, 0) is 13.3 Å². The monoisotopic (exact) mass is 201 g/mol. The van der Waals surface area contributed by atoms with Gasteiger partial charge >= 0.3 is 0 Å². The lowest BCUT2D eigenvalue weighted by molar-refractivity contribution is -0.138. The summed E-state index contributed by atoms with van der Waals surface area (Å²) in [5.41, 5.74) is 4.80. The second kappa shape index (κ2) is 6.09. The van der Waals surface area contributed by atoms with E-state index in [0.717, 1.165) is 6.42 Å². The number of Topliss-reactive ketones (excluding diaryl/α,β-unsaturated/α-hetero) is 1. The lowest BCUT2D eigenvalue weighted by Gasteiger charge is -2.19. The van der Waals surface area contributed by atoms with Gasteiger partial charge in [0.2, 0.25) is 6.41 Å². The molecule has 0 bridgehead atoms. The van der Waals surface area contributed by atoms with Crippen LogP contribution in [0.1, 0.15) is 20.3 Å². The Morgan fingerprint density at radius 1 is 1.50 bits per heavy atom. The minimum absolute atomic E-state index is 0.00995. The van der Waals surface area contributed by atoms with Gasteiger partial charge in [-0.1, -0.05) is 6.92 Å². The lowest BCUT2D eigenvalue weighted by Crippen LogP contribution is -2.54. The van der Waals surface area contributed by atoms with Crippen molar-refractivity contribution in [1.82, 2.24) is 10.6 Å². The summed E-state index contributed by atoms with van der Waals surface area (Å²) in [5, 5.41) is 4.94. The van der Waals surface area contributed by atoms with E-state index in [2.05, 4.69) is 10.6 Å². The Bertz CT molecular complexity index is 230. The second-order valence-corrected chi connectivity index (χ2v) is 2.92. The number of rotatable bonds is 7. The number of amides is 2. The van der Waals surface area contributed by atoms with Gasteiger partial charge in [0.05, 0.1) is 0 Å². The summed E-state index contributed by atoms with van der Waals surface area (Å²) in [6.07, 6.45) is 0.0872. The van der Waals surface area contributed by atoms with Crippen LogP contribution in [-0.4, -0.2) is 30.3 Å². The van der Waals surface area contributed by atoms with E-state index in [0.29, 0.717) is 6.41 Å². The Morgan fingerprint density at radius 2 is 2.07 bits per heavy atom. The highest BCUT2D eigenvalue weighted by Gasteiger charge is 2.23. The van der Waals surface area contributed by atoms with Crippen LogP contribution in [0, 0.1) is 0 Å². The largest absolute Gasteiger partial charge is 0.363 e. The number of nitrogens with one attached hydrogen (secondary N) is 2. The van der Waals surface area contributed by atoms with Crippen molar-refractivity contribution < 1.29 is 14.4 Å². The average molecular weight is 201 g/mol. The van der Waals surface area contributed by atoms with Crippen LogP contribution in [0.2, 0.25) is 0 Å². The van der Waals surface area contributed by atoms with Crippen molar-refractivity contribution in [3.63, 3.8) is 0 Å². The molecule has 0 saturated carbocycles. The molecule has 2 amide bonds. The lowest BCUT2D eigenvalue weighted by atomic mass is 10.2. The Hall–Kier alpha value is -1.43. The molecule has 0 aliphatic rings. The summed E-state index contributed by atoms with van der Waals surface area (Å²) in [7, 11) is 0. The van der Waals surface area contributed by atoms with Crippen LogP contribution >= 0.6 is 0 Å². The highest BCUT2D eigenvalue weighted by molar-refractivity contribution is 6.37. The molecule has 4 N–H and O–H groups in total. The molecular formula is C8H15N3O3. The molecular weight excluding hydrogens is 186 g/mol. The van der Waals surface area contributed by atoms with Crippen molar-refractivity contribution in [3.05, 3.63) is 0 Å². The maximum Gasteiger partial charge on any atom is 0.288 e. The highest BCUT2D eigenvalue weighted by atomic mass is 16.2. The number of carbonyl (C=O) groups is 3. The summed E-state index contributed by atoms with van der Waals surface area (Å²) in [4.78, 5) is 31.8. The van der Waals surface area contributed by atoms with Crippen LogP contribution in [0.25, 0.3) is 0 Å². The SMILES string of the molecule is CCC(C)NC(NC=O)C(=O)C(N)=O. The first-order valence-electron chi connectivity index (χ1n) is 4.32. The number of hydrogen-bond donors (Lipinski definition) is 3. The van der Waals surface area contributed by atoms with Gasteiger partial charge in [-0.25, -0.2) is 0 Å². The molecule has 0 aliphatic heterocycles. The molecule has 0 aromatic heterocycles. The van der Waals surface area contributed by atoms with E-state index in [9.17, 15) is 14.4 Å². The smallest absolute Gasteiger partial charge is 0.288 e. The van der Waals surface area contributed by atoms with Gasteiger partial charge in [-0.2, -0.15) is 0 Å². The van der Waals surface area contributed by atoms with E-state index in [4.69, 9.17) is 5.73 Å². The molecule has 0 radical (unpaired) electrons. The molecule has 0 heterocycles. The summed E-state index contributed by atoms with van der Waals surface area (Å²) < 4.78 is 0. The van der Waals surface area contributed by atoms with Crippen molar-refractivity contribution in [2.24, 2.45) is 5.73 Å². The van der Waals surface area contributed by atoms with Gasteiger partial charge in [0.1, 0.15) is 6.17 Å². The van der Waals surface area contributed by atoms with Gasteiger partial charge < -0.3 is 11.1 Å². The van der Waals surface area contributed by atoms with E-state index in [1.165, 1.54) is 0 Å². The average Bonchev–Trinajstić information content (AvgIpc) is 2.15. The fraction of sp³-hybridized carbons (Fsp3) is 0.625. The van der Waals surface area contributed by atoms with Crippen molar-refractivity contribution >= 4 is 18.1 Å². The third kappa shape index (κ3) is 3.99. The molecule has 0 saturated heterocycles. The topological polar surface area (TPSA) is 101 Å². The summed E-state index contributed by atoms with van der Waals surface area (Å²) >= 11 is 0. The Labute approximate surface area is 82.2 Å². The number of nitrogens with two attached hydrogens (primary N) is 1. The fourth-order valence-electron chi connectivity index (χ4n) is 0.812. The van der Waals surface area contributed by atoms with Crippen LogP contribution in [0.3, 0.4) is 0 Å². The van der Waals surface area contributed by atoms with Crippen LogP contribution < -0.4 is 16.4 Å². The van der Waals surface area contributed by atoms with Crippen LogP contribution in [0.15, 0.2) is 0 Å². The molecule has 0 aliphatic carbocycles. The first kappa shape index (κ1) is 12.6. The third-order valence-electron chi connectivity index (χ3n) is 1.80. The minimum atomic E-state index is -1.07. The summed E-state index contributed by atoms with van der Waals surface area (Å²) in [6, 6.07) is 0.00995. The summed E-state index contributed by atoms with van der Waals surface area (Å²) in [6.45, 7) is 3.73. The molecule has 14 heavy (non-hydrogen) atoms. The van der Waals surface area contributed by atoms with Crippen LogP contribution in [-0.2, 0) is 14.4 Å². The molecule has 6 nitrogen and oxygen atoms in total. The van der Waals surface area contributed by atoms with Gasteiger partial charge in [-0.15, -0.1) is 0 Å². The third-order valence-corrected chi connectivity index (χ3v) is 1.80. The zero-order valence-corrected chi connectivity index (χ0v) is 8.24. The Balaban J connectivity index is 4.35. The number of hydrogen-bond acceptors (Lipinski definition) is 4. The molecule has 0 aromatic carbocycles. The highest BCUT2D eigenvalue weighted by Crippen LogP contribution is 1.91. The van der Waals surface area contributed by atoms with E-state index in [1.54, 1.807) is 0 Å². The fourth-order valence-corrected chi connectivity index (χ4v) is 0.812. The van der Waals surface area contributed by atoms with E-state index < -0.39 is 17.9 Å². The molecule has 2 atom stereocenters. The van der Waals surface area contributed by atoms with Gasteiger partial charge in [0, 0.05) is 6.04 Å². The van der Waals surface area contributed by atoms with E-state index in [1.807, 2.05) is 13.8 Å². The Morgan fingerprint density at radius 3 is 2.43 bits per heavy atom. The van der Waals surface area contributed by atoms with Gasteiger partial charge in [0.25, 0.3) is 11.7 Å². The maximum atomic E-state index is 11.1. The Kier molecular flexibility index (Phi) is 5.47. The van der Waals surface area contributed by atoms with Gasteiger partial charge in [-0.3, -0.25) is 19.7 Å². The minimum Gasteiger partial charge on any atom is -0.363 e. The first-order valence-corrected chi connectivity index (χ1v) is 4.32. The van der Waals surface area contributed by atoms with Crippen LogP contribution in [0.4, 0.5) is 0 Å². The molecule has 0 rings (SSSR count). The zero-order chi connectivity index (χ0) is 11.1.